The summed E-state index contributed by atoms with van der Waals surface area (Å²) in [5, 5.41) is 3.22. The van der Waals surface area contributed by atoms with Gasteiger partial charge in [0, 0.05) is 15.9 Å². The number of benzene rings is 1. The molecule has 0 bridgehead atoms. The Hall–Kier alpha value is -1.55. The molecule has 0 saturated carbocycles. The summed E-state index contributed by atoms with van der Waals surface area (Å²) >= 11 is 3.42. The second kappa shape index (κ2) is 4.53. The molecule has 0 saturated heterocycles. The lowest BCUT2D eigenvalue weighted by atomic mass is 10.3. The molecule has 0 aliphatic carbocycles. The third kappa shape index (κ3) is 2.52. The fourth-order valence-corrected chi connectivity index (χ4v) is 1.80. The Morgan fingerprint density at radius 3 is 2.75 bits per heavy atom. The van der Waals surface area contributed by atoms with Gasteiger partial charge in [-0.1, -0.05) is 22.0 Å². The van der Waals surface area contributed by atoms with Gasteiger partial charge in [0.05, 0.1) is 5.69 Å². The Kier molecular flexibility index (Phi) is 3.10. The standard InChI is InChI=1S/C12H12BrN3/c1-8-5-6-11(12(14)15-8)16-10-4-2-3-9(13)7-10/h2-7,16H,1H3,(H2,14,15). The highest BCUT2D eigenvalue weighted by atomic mass is 79.9. The predicted molar refractivity (Wildman–Crippen MR) is 70.8 cm³/mol. The Bertz CT molecular complexity index is 511. The Morgan fingerprint density at radius 1 is 1.25 bits per heavy atom. The third-order valence-corrected chi connectivity index (χ3v) is 2.66. The van der Waals surface area contributed by atoms with Crippen molar-refractivity contribution in [1.82, 2.24) is 4.98 Å². The minimum atomic E-state index is 0.514. The molecule has 1 heterocycles. The average Bonchev–Trinajstić information content (AvgIpc) is 2.22. The molecule has 0 radical (unpaired) electrons. The summed E-state index contributed by atoms with van der Waals surface area (Å²) in [6, 6.07) is 11.8. The lowest BCUT2D eigenvalue weighted by Crippen LogP contribution is -1.99. The number of aromatic nitrogens is 1. The summed E-state index contributed by atoms with van der Waals surface area (Å²) < 4.78 is 1.02. The molecular formula is C12H12BrN3. The summed E-state index contributed by atoms with van der Waals surface area (Å²) in [6.07, 6.45) is 0. The van der Waals surface area contributed by atoms with Gasteiger partial charge in [-0.2, -0.15) is 0 Å². The van der Waals surface area contributed by atoms with Crippen molar-refractivity contribution in [1.29, 1.82) is 0 Å². The van der Waals surface area contributed by atoms with E-state index in [4.69, 9.17) is 5.73 Å². The number of aryl methyl sites for hydroxylation is 1. The zero-order valence-corrected chi connectivity index (χ0v) is 10.5. The van der Waals surface area contributed by atoms with Gasteiger partial charge in [-0.05, 0) is 37.3 Å². The van der Waals surface area contributed by atoms with E-state index in [1.165, 1.54) is 0 Å². The van der Waals surface area contributed by atoms with E-state index >= 15 is 0 Å². The van der Waals surface area contributed by atoms with Crippen LogP contribution < -0.4 is 11.1 Å². The van der Waals surface area contributed by atoms with Crippen molar-refractivity contribution in [3.63, 3.8) is 0 Å². The first-order chi connectivity index (χ1) is 7.65. The zero-order valence-electron chi connectivity index (χ0n) is 8.87. The number of halogens is 1. The van der Waals surface area contributed by atoms with Gasteiger partial charge in [0.25, 0.3) is 0 Å². The SMILES string of the molecule is Cc1ccc(Nc2cccc(Br)c2)c(N)n1. The number of nitrogen functional groups attached to an aromatic ring is 1. The van der Waals surface area contributed by atoms with E-state index in [9.17, 15) is 0 Å². The number of hydrogen-bond acceptors (Lipinski definition) is 3. The zero-order chi connectivity index (χ0) is 11.5. The van der Waals surface area contributed by atoms with Crippen LogP contribution in [0.4, 0.5) is 17.2 Å². The molecule has 4 heteroatoms. The van der Waals surface area contributed by atoms with Crippen LogP contribution in [0.2, 0.25) is 0 Å². The van der Waals surface area contributed by atoms with E-state index in [1.54, 1.807) is 0 Å². The van der Waals surface area contributed by atoms with Gasteiger partial charge in [-0.3, -0.25) is 0 Å². The van der Waals surface area contributed by atoms with Crippen molar-refractivity contribution < 1.29 is 0 Å². The van der Waals surface area contributed by atoms with Crippen LogP contribution in [-0.4, -0.2) is 4.98 Å². The van der Waals surface area contributed by atoms with Gasteiger partial charge in [-0.25, -0.2) is 4.98 Å². The first-order valence-electron chi connectivity index (χ1n) is 4.91. The third-order valence-electron chi connectivity index (χ3n) is 2.17. The van der Waals surface area contributed by atoms with Gasteiger partial charge in [0.1, 0.15) is 5.82 Å². The number of anilines is 3. The van der Waals surface area contributed by atoms with Crippen LogP contribution in [0.15, 0.2) is 40.9 Å². The number of nitrogens with zero attached hydrogens (tertiary/aromatic N) is 1. The molecule has 82 valence electrons. The summed E-state index contributed by atoms with van der Waals surface area (Å²) in [4.78, 5) is 4.20. The van der Waals surface area contributed by atoms with Gasteiger partial charge in [0.15, 0.2) is 0 Å². The molecule has 0 fully saturated rings. The quantitative estimate of drug-likeness (QED) is 0.884. The maximum atomic E-state index is 5.82. The van der Waals surface area contributed by atoms with Crippen LogP contribution in [-0.2, 0) is 0 Å². The van der Waals surface area contributed by atoms with Gasteiger partial charge in [-0.15, -0.1) is 0 Å². The first kappa shape index (κ1) is 11.0. The topological polar surface area (TPSA) is 50.9 Å². The highest BCUT2D eigenvalue weighted by Gasteiger charge is 2.01. The molecule has 0 aliphatic rings. The molecular weight excluding hydrogens is 266 g/mol. The summed E-state index contributed by atoms with van der Waals surface area (Å²) in [6.45, 7) is 1.92. The van der Waals surface area contributed by atoms with Crippen LogP contribution in [0.1, 0.15) is 5.69 Å². The van der Waals surface area contributed by atoms with Crippen LogP contribution in [0.25, 0.3) is 0 Å². The lowest BCUT2D eigenvalue weighted by molar-refractivity contribution is 1.21. The molecule has 0 unspecified atom stereocenters. The molecule has 0 atom stereocenters. The van der Waals surface area contributed by atoms with E-state index in [-0.39, 0.29) is 0 Å². The van der Waals surface area contributed by atoms with Crippen molar-refractivity contribution >= 4 is 33.1 Å². The van der Waals surface area contributed by atoms with E-state index in [0.29, 0.717) is 5.82 Å². The van der Waals surface area contributed by atoms with Crippen LogP contribution in [0.3, 0.4) is 0 Å². The monoisotopic (exact) mass is 277 g/mol. The molecule has 1 aromatic carbocycles. The Labute approximate surface area is 103 Å². The number of hydrogen-bond donors (Lipinski definition) is 2. The second-order valence-corrected chi connectivity index (χ2v) is 4.44. The second-order valence-electron chi connectivity index (χ2n) is 3.52. The maximum absolute atomic E-state index is 5.82. The molecule has 0 amide bonds. The van der Waals surface area contributed by atoms with Crippen molar-refractivity contribution in [2.45, 2.75) is 6.92 Å². The van der Waals surface area contributed by atoms with E-state index in [0.717, 1.165) is 21.5 Å². The highest BCUT2D eigenvalue weighted by Crippen LogP contribution is 2.23. The van der Waals surface area contributed by atoms with Gasteiger partial charge in [0.2, 0.25) is 0 Å². The fourth-order valence-electron chi connectivity index (χ4n) is 1.40. The lowest BCUT2D eigenvalue weighted by Gasteiger charge is -2.09. The van der Waals surface area contributed by atoms with E-state index in [1.807, 2.05) is 43.3 Å². The molecule has 2 rings (SSSR count). The number of rotatable bonds is 2. The van der Waals surface area contributed by atoms with Crippen molar-refractivity contribution in [3.8, 4) is 0 Å². The predicted octanol–water partition coefficient (Wildman–Crippen LogP) is 3.48. The molecule has 3 N–H and O–H groups in total. The highest BCUT2D eigenvalue weighted by molar-refractivity contribution is 9.10. The normalized spacial score (nSPS) is 10.1. The molecule has 0 aliphatic heterocycles. The maximum Gasteiger partial charge on any atom is 0.147 e. The molecule has 3 nitrogen and oxygen atoms in total. The largest absolute Gasteiger partial charge is 0.382 e. The van der Waals surface area contributed by atoms with E-state index in [2.05, 4.69) is 26.2 Å². The van der Waals surface area contributed by atoms with Gasteiger partial charge < -0.3 is 11.1 Å². The molecule has 2 aromatic rings. The van der Waals surface area contributed by atoms with Crippen molar-refractivity contribution in [3.05, 3.63) is 46.6 Å². The average molecular weight is 278 g/mol. The molecule has 1 aromatic heterocycles. The van der Waals surface area contributed by atoms with Crippen LogP contribution in [0, 0.1) is 6.92 Å². The minimum absolute atomic E-state index is 0.514. The van der Waals surface area contributed by atoms with Crippen LogP contribution in [0.5, 0.6) is 0 Å². The minimum Gasteiger partial charge on any atom is -0.382 e. The van der Waals surface area contributed by atoms with Gasteiger partial charge >= 0.3 is 0 Å². The molecule has 0 spiro atoms. The summed E-state index contributed by atoms with van der Waals surface area (Å²) in [5.41, 5.74) is 8.54. The smallest absolute Gasteiger partial charge is 0.147 e. The molecule has 16 heavy (non-hydrogen) atoms. The fraction of sp³-hybridized carbons (Fsp3) is 0.0833. The number of nitrogens with two attached hydrogens (primary N) is 1. The Balaban J connectivity index is 2.27. The van der Waals surface area contributed by atoms with Crippen molar-refractivity contribution in [2.75, 3.05) is 11.1 Å². The summed E-state index contributed by atoms with van der Waals surface area (Å²) in [5.74, 6) is 0.514. The van der Waals surface area contributed by atoms with E-state index < -0.39 is 0 Å². The first-order valence-corrected chi connectivity index (χ1v) is 5.70. The summed E-state index contributed by atoms with van der Waals surface area (Å²) in [7, 11) is 0. The van der Waals surface area contributed by atoms with Crippen LogP contribution >= 0.6 is 15.9 Å². The van der Waals surface area contributed by atoms with Crippen molar-refractivity contribution in [2.24, 2.45) is 0 Å². The number of pyridine rings is 1. The number of nitrogens with one attached hydrogen (secondary N) is 1. The Morgan fingerprint density at radius 2 is 2.06 bits per heavy atom.